The molecular weight excluding hydrogens is 785 g/mol. The smallest absolute Gasteiger partial charge is 0.304 e. The number of nitrogens with zero attached hydrogens (tertiary/aromatic N) is 4. The van der Waals surface area contributed by atoms with E-state index in [0.29, 0.717) is 12.1 Å². The van der Waals surface area contributed by atoms with E-state index in [2.05, 4.69) is 82.6 Å². The summed E-state index contributed by atoms with van der Waals surface area (Å²) in [5, 5.41) is 16.3. The number of carbonyl (C=O) groups is 3. The van der Waals surface area contributed by atoms with Gasteiger partial charge in [-0.3, -0.25) is 24.2 Å². The Balaban J connectivity index is 0.000000142. The third-order valence-electron chi connectivity index (χ3n) is 15.2. The topological polar surface area (TPSA) is 93.6 Å². The quantitative estimate of drug-likeness (QED) is 0.174. The molecule has 6 aromatic carbocycles. The molecule has 9 nitrogen and oxygen atoms in total. The molecule has 1 N–H and O–H groups in total. The number of piperidine rings is 2. The van der Waals surface area contributed by atoms with Crippen LogP contribution in [0.25, 0.3) is 21.5 Å². The summed E-state index contributed by atoms with van der Waals surface area (Å²) in [6.07, 6.45) is 5.79. The van der Waals surface area contributed by atoms with Crippen molar-refractivity contribution >= 4 is 50.7 Å². The molecule has 6 aliphatic rings. The number of amides is 2. The van der Waals surface area contributed by atoms with Gasteiger partial charge in [0.05, 0.1) is 11.4 Å². The van der Waals surface area contributed by atoms with Crippen molar-refractivity contribution in [1.82, 2.24) is 9.80 Å². The number of esters is 1. The monoisotopic (exact) mass is 838 g/mol. The van der Waals surface area contributed by atoms with Crippen LogP contribution < -0.4 is 9.80 Å². The summed E-state index contributed by atoms with van der Waals surface area (Å²) in [7, 11) is 0. The normalized spacial score (nSPS) is 25.7. The molecule has 6 aromatic rings. The van der Waals surface area contributed by atoms with Gasteiger partial charge in [-0.05, 0) is 108 Å². The minimum Gasteiger partial charge on any atom is -0.444 e. The molecule has 2 saturated heterocycles. The second kappa shape index (κ2) is 15.1. The average molecular weight is 839 g/mol. The molecule has 4 heterocycles. The lowest BCUT2D eigenvalue weighted by atomic mass is 9.97. The van der Waals surface area contributed by atoms with Gasteiger partial charge in [-0.2, -0.15) is 0 Å². The Hall–Kier alpha value is -5.87. The Labute approximate surface area is 368 Å². The number of anilines is 2. The molecule has 0 spiro atoms. The Kier molecular flexibility index (Phi) is 9.60. The Morgan fingerprint density at radius 3 is 1.49 bits per heavy atom. The Morgan fingerprint density at radius 1 is 0.571 bits per heavy atom. The number of benzene rings is 6. The van der Waals surface area contributed by atoms with Crippen molar-refractivity contribution in [2.75, 3.05) is 36.0 Å². The molecule has 2 fully saturated rings. The van der Waals surface area contributed by atoms with Gasteiger partial charge in [0.2, 0.25) is 5.60 Å². The maximum Gasteiger partial charge on any atom is 0.304 e. The second-order valence-electron chi connectivity index (χ2n) is 18.8. The third-order valence-corrected chi connectivity index (χ3v) is 15.2. The van der Waals surface area contributed by atoms with Crippen LogP contribution in [0, 0.1) is 0 Å². The highest BCUT2D eigenvalue weighted by Crippen LogP contribution is 2.48. The number of aliphatic hydroxyl groups is 1. The van der Waals surface area contributed by atoms with Gasteiger partial charge in [-0.15, -0.1) is 0 Å². The van der Waals surface area contributed by atoms with Crippen LogP contribution in [0.2, 0.25) is 0 Å². The second-order valence-corrected chi connectivity index (χ2v) is 18.8. The molecule has 320 valence electrons. The van der Waals surface area contributed by atoms with E-state index in [4.69, 9.17) is 4.74 Å². The highest BCUT2D eigenvalue weighted by molar-refractivity contribution is 6.08. The zero-order chi connectivity index (χ0) is 43.2. The number of hydrogen-bond acceptors (Lipinski definition) is 7. The molecular formula is C54H54N4O5. The molecule has 4 unspecified atom stereocenters. The number of likely N-dealkylation sites (tertiary alicyclic amines) is 2. The number of hydrogen-bond donors (Lipinski definition) is 1. The summed E-state index contributed by atoms with van der Waals surface area (Å²) >= 11 is 0. The number of rotatable bonds is 5. The average Bonchev–Trinajstić information content (AvgIpc) is 3.99. The van der Waals surface area contributed by atoms with E-state index in [-0.39, 0.29) is 23.9 Å². The maximum atomic E-state index is 13.6. The fourth-order valence-electron chi connectivity index (χ4n) is 12.2. The number of fused-ring (bicyclic) bond motifs is 2. The summed E-state index contributed by atoms with van der Waals surface area (Å²) < 4.78 is 5.59. The zero-order valence-corrected chi connectivity index (χ0v) is 36.3. The summed E-state index contributed by atoms with van der Waals surface area (Å²) in [6.45, 7) is 8.52. The van der Waals surface area contributed by atoms with Crippen LogP contribution in [0.5, 0.6) is 0 Å². The van der Waals surface area contributed by atoms with Gasteiger partial charge in [0, 0.05) is 68.4 Å². The first kappa shape index (κ1) is 39.9. The molecule has 0 aromatic heterocycles. The highest BCUT2D eigenvalue weighted by atomic mass is 16.6. The van der Waals surface area contributed by atoms with Crippen molar-refractivity contribution < 1.29 is 24.2 Å². The summed E-state index contributed by atoms with van der Waals surface area (Å²) in [5.41, 5.74) is 6.39. The summed E-state index contributed by atoms with van der Waals surface area (Å²) in [5.74, 6) is -0.747. The molecule has 63 heavy (non-hydrogen) atoms. The fourth-order valence-corrected chi connectivity index (χ4v) is 12.2. The first-order valence-electron chi connectivity index (χ1n) is 22.8. The maximum absolute atomic E-state index is 13.6. The lowest BCUT2D eigenvalue weighted by molar-refractivity contribution is -0.163. The van der Waals surface area contributed by atoms with E-state index in [1.165, 1.54) is 50.7 Å². The first-order valence-corrected chi connectivity index (χ1v) is 22.8. The number of ether oxygens (including phenoxy) is 1. The van der Waals surface area contributed by atoms with Crippen molar-refractivity contribution in [2.45, 2.75) is 94.7 Å². The molecule has 4 atom stereocenters. The summed E-state index contributed by atoms with van der Waals surface area (Å²) in [4.78, 5) is 47.4. The molecule has 0 radical (unpaired) electrons. The molecule has 12 rings (SSSR count). The number of carbonyl (C=O) groups excluding carboxylic acids is 3. The van der Waals surface area contributed by atoms with Crippen molar-refractivity contribution in [3.63, 3.8) is 0 Å². The van der Waals surface area contributed by atoms with Gasteiger partial charge >= 0.3 is 5.97 Å². The third kappa shape index (κ3) is 6.33. The van der Waals surface area contributed by atoms with Crippen LogP contribution in [0.4, 0.5) is 11.4 Å². The molecule has 9 heteroatoms. The van der Waals surface area contributed by atoms with E-state index >= 15 is 0 Å². The fraction of sp³-hybridized carbons (Fsp3) is 0.352. The molecule has 4 aliphatic heterocycles. The van der Waals surface area contributed by atoms with Gasteiger partial charge in [-0.1, -0.05) is 109 Å². The van der Waals surface area contributed by atoms with E-state index in [9.17, 15) is 19.5 Å². The minimum atomic E-state index is -1.42. The van der Waals surface area contributed by atoms with Gasteiger partial charge in [0.15, 0.2) is 5.60 Å². The number of para-hydroxylation sites is 2. The van der Waals surface area contributed by atoms with Crippen LogP contribution >= 0.6 is 0 Å². The standard InChI is InChI=1S/C28H28N2O3.C26H26N2O2/c1-18(31)33-28(2)23-11-3-4-12-24(23)30(27(28)32)21-13-15-29(16-14-21)25-17-20-9-5-7-19-8-6-10-22(25)26(19)20;1-26(30)21-10-2-3-11-22(21)28(25(26)29)19-12-14-27(15-13-19)23-16-18-8-4-6-17-7-5-9-20(23)24(17)18/h3-12,21,25H,13-17H2,1-2H3;2-11,19,23,30H,12-16H2,1H3. The van der Waals surface area contributed by atoms with Crippen molar-refractivity contribution in [2.24, 2.45) is 0 Å². The van der Waals surface area contributed by atoms with Gasteiger partial charge in [0.25, 0.3) is 11.8 Å². The van der Waals surface area contributed by atoms with Crippen LogP contribution in [-0.4, -0.2) is 71.0 Å². The Bertz CT molecular complexity index is 2810. The molecule has 0 bridgehead atoms. The summed E-state index contributed by atoms with van der Waals surface area (Å²) in [6, 6.07) is 43.1. The SMILES string of the molecule is CC(=O)OC1(C)C(=O)N(C2CCN(C3Cc4cccc5cccc3c45)CC2)c2ccccc21.CC1(O)C(=O)N(C2CCN(C3Cc4cccc5cccc3c45)CC2)c2ccccc21. The van der Waals surface area contributed by atoms with Crippen molar-refractivity contribution in [3.05, 3.63) is 155 Å². The Morgan fingerprint density at radius 2 is 1.00 bits per heavy atom. The van der Waals surface area contributed by atoms with Gasteiger partial charge < -0.3 is 19.6 Å². The predicted molar refractivity (Wildman–Crippen MR) is 247 cm³/mol. The van der Waals surface area contributed by atoms with Crippen LogP contribution in [0.1, 0.15) is 91.9 Å². The molecule has 2 amide bonds. The van der Waals surface area contributed by atoms with E-state index in [1.807, 2.05) is 58.3 Å². The minimum absolute atomic E-state index is 0.104. The van der Waals surface area contributed by atoms with Crippen molar-refractivity contribution in [3.8, 4) is 0 Å². The van der Waals surface area contributed by atoms with Crippen LogP contribution in [0.3, 0.4) is 0 Å². The molecule has 0 saturated carbocycles. The first-order chi connectivity index (χ1) is 30.5. The van der Waals surface area contributed by atoms with Gasteiger partial charge in [0.1, 0.15) is 0 Å². The zero-order valence-electron chi connectivity index (χ0n) is 36.3. The lowest BCUT2D eigenvalue weighted by Crippen LogP contribution is -2.50. The van der Waals surface area contributed by atoms with E-state index in [0.717, 1.165) is 87.2 Å². The van der Waals surface area contributed by atoms with E-state index in [1.54, 1.807) is 13.8 Å². The van der Waals surface area contributed by atoms with E-state index < -0.39 is 17.2 Å². The van der Waals surface area contributed by atoms with Crippen LogP contribution in [-0.2, 0) is 43.2 Å². The van der Waals surface area contributed by atoms with Crippen LogP contribution in [0.15, 0.2) is 121 Å². The highest BCUT2D eigenvalue weighted by Gasteiger charge is 2.53. The lowest BCUT2D eigenvalue weighted by Gasteiger charge is -2.40. The molecule has 2 aliphatic carbocycles. The largest absolute Gasteiger partial charge is 0.444 e. The predicted octanol–water partition coefficient (Wildman–Crippen LogP) is 8.88. The van der Waals surface area contributed by atoms with Crippen molar-refractivity contribution in [1.29, 1.82) is 0 Å². The van der Waals surface area contributed by atoms with Gasteiger partial charge in [-0.25, -0.2) is 0 Å².